The number of carboxylic acids is 1. The van der Waals surface area contributed by atoms with Crippen LogP contribution in [0.25, 0.3) is 0 Å². The zero-order chi connectivity index (χ0) is 15.5. The van der Waals surface area contributed by atoms with E-state index in [1.165, 1.54) is 0 Å². The van der Waals surface area contributed by atoms with Crippen LogP contribution in [0.5, 0.6) is 5.75 Å². The van der Waals surface area contributed by atoms with Crippen LogP contribution >= 0.6 is 0 Å². The van der Waals surface area contributed by atoms with Gasteiger partial charge in [-0.1, -0.05) is 0 Å². The van der Waals surface area contributed by atoms with Crippen molar-refractivity contribution in [2.24, 2.45) is 0 Å². The summed E-state index contributed by atoms with van der Waals surface area (Å²) >= 11 is 0. The summed E-state index contributed by atoms with van der Waals surface area (Å²) in [5.74, 6) is -0.665. The van der Waals surface area contributed by atoms with Crippen molar-refractivity contribution in [3.05, 3.63) is 24.3 Å². The number of likely N-dealkylation sites (N-methyl/N-ethyl adjacent to an activating group) is 1. The van der Waals surface area contributed by atoms with Crippen LogP contribution in [0, 0.1) is 0 Å². The summed E-state index contributed by atoms with van der Waals surface area (Å²) in [6.45, 7) is 2.03. The second-order valence-corrected chi connectivity index (χ2v) is 5.22. The molecule has 0 bridgehead atoms. The highest BCUT2D eigenvalue weighted by Gasteiger charge is 2.39. The molecule has 1 aromatic rings. The molecule has 6 heteroatoms. The van der Waals surface area contributed by atoms with E-state index in [1.807, 2.05) is 6.92 Å². The predicted octanol–water partition coefficient (Wildman–Crippen LogP) is 1.68. The van der Waals surface area contributed by atoms with Crippen molar-refractivity contribution >= 4 is 17.6 Å². The third-order valence-corrected chi connectivity index (χ3v) is 3.56. The fourth-order valence-corrected chi connectivity index (χ4v) is 2.33. The van der Waals surface area contributed by atoms with E-state index in [-0.39, 0.29) is 12.5 Å². The Morgan fingerprint density at radius 2 is 2.05 bits per heavy atom. The van der Waals surface area contributed by atoms with Gasteiger partial charge in [0, 0.05) is 19.3 Å². The highest BCUT2D eigenvalue weighted by molar-refractivity contribution is 5.99. The van der Waals surface area contributed by atoms with E-state index in [4.69, 9.17) is 14.6 Å². The topological polar surface area (TPSA) is 76.1 Å². The van der Waals surface area contributed by atoms with Crippen molar-refractivity contribution in [1.82, 2.24) is 0 Å². The number of carbonyl (C=O) groups is 2. The van der Waals surface area contributed by atoms with Gasteiger partial charge in [0.05, 0.1) is 0 Å². The molecule has 1 heterocycles. The van der Waals surface area contributed by atoms with Crippen LogP contribution in [-0.4, -0.2) is 42.8 Å². The van der Waals surface area contributed by atoms with Crippen LogP contribution in [0.3, 0.4) is 0 Å². The summed E-state index contributed by atoms with van der Waals surface area (Å²) < 4.78 is 10.6. The lowest BCUT2D eigenvalue weighted by atomic mass is 10.0. The molecular weight excluding hydrogens is 274 g/mol. The molecule has 1 atom stereocenters. The molecule has 0 spiro atoms. The number of aliphatic carboxylic acids is 1. The maximum atomic E-state index is 12.5. The van der Waals surface area contributed by atoms with Gasteiger partial charge >= 0.3 is 5.97 Å². The van der Waals surface area contributed by atoms with Gasteiger partial charge in [0.2, 0.25) is 0 Å². The van der Waals surface area contributed by atoms with Crippen LogP contribution in [-0.2, 0) is 14.3 Å². The first-order valence-electron chi connectivity index (χ1n) is 6.79. The highest BCUT2D eigenvalue weighted by atomic mass is 16.5. The minimum atomic E-state index is -1.03. The lowest BCUT2D eigenvalue weighted by Crippen LogP contribution is -2.45. The van der Waals surface area contributed by atoms with Gasteiger partial charge in [0.1, 0.15) is 11.4 Å². The van der Waals surface area contributed by atoms with Crippen LogP contribution in [0.1, 0.15) is 19.8 Å². The Labute approximate surface area is 123 Å². The molecule has 0 radical (unpaired) electrons. The fraction of sp³-hybridized carbons (Fsp3) is 0.467. The number of ether oxygens (including phenoxy) is 2. The molecule has 1 aromatic carbocycles. The number of benzene rings is 1. The maximum absolute atomic E-state index is 12.5. The SMILES string of the molecule is CN(C(=O)C1(C)CCCO1)c1ccc(OCC(=O)O)cc1. The number of amides is 1. The number of anilines is 1. The Balaban J connectivity index is 2.04. The largest absolute Gasteiger partial charge is 0.482 e. The summed E-state index contributed by atoms with van der Waals surface area (Å²) in [6, 6.07) is 6.71. The van der Waals surface area contributed by atoms with E-state index in [9.17, 15) is 9.59 Å². The molecule has 1 saturated heterocycles. The molecule has 0 aromatic heterocycles. The summed E-state index contributed by atoms with van der Waals surface area (Å²) in [7, 11) is 1.70. The molecular formula is C15H19NO5. The first-order chi connectivity index (χ1) is 9.92. The van der Waals surface area contributed by atoms with Crippen molar-refractivity contribution < 1.29 is 24.2 Å². The van der Waals surface area contributed by atoms with Crippen LogP contribution in [0.2, 0.25) is 0 Å². The highest BCUT2D eigenvalue weighted by Crippen LogP contribution is 2.29. The van der Waals surface area contributed by atoms with E-state index in [0.717, 1.165) is 12.8 Å². The van der Waals surface area contributed by atoms with Gasteiger partial charge in [-0.25, -0.2) is 4.79 Å². The first kappa shape index (κ1) is 15.3. The average Bonchev–Trinajstić information content (AvgIpc) is 2.92. The molecule has 1 fully saturated rings. The molecule has 1 amide bonds. The average molecular weight is 293 g/mol. The predicted molar refractivity (Wildman–Crippen MR) is 76.6 cm³/mol. The van der Waals surface area contributed by atoms with E-state index in [1.54, 1.807) is 36.2 Å². The molecule has 1 aliphatic heterocycles. The number of nitrogens with zero attached hydrogens (tertiary/aromatic N) is 1. The second-order valence-electron chi connectivity index (χ2n) is 5.22. The number of hydrogen-bond donors (Lipinski definition) is 1. The monoisotopic (exact) mass is 293 g/mol. The molecule has 6 nitrogen and oxygen atoms in total. The van der Waals surface area contributed by atoms with E-state index < -0.39 is 11.6 Å². The van der Waals surface area contributed by atoms with E-state index in [2.05, 4.69) is 0 Å². The van der Waals surface area contributed by atoms with Crippen molar-refractivity contribution in [2.45, 2.75) is 25.4 Å². The maximum Gasteiger partial charge on any atom is 0.341 e. The number of carbonyl (C=O) groups excluding carboxylic acids is 1. The normalized spacial score (nSPS) is 21.0. The number of rotatable bonds is 5. The summed E-state index contributed by atoms with van der Waals surface area (Å²) in [5.41, 5.74) is -0.0489. The minimum absolute atomic E-state index is 0.0841. The molecule has 21 heavy (non-hydrogen) atoms. The smallest absolute Gasteiger partial charge is 0.341 e. The second kappa shape index (κ2) is 6.13. The van der Waals surface area contributed by atoms with Gasteiger partial charge in [-0.3, -0.25) is 4.79 Å². The molecule has 0 aliphatic carbocycles. The zero-order valence-corrected chi connectivity index (χ0v) is 12.2. The van der Waals surface area contributed by atoms with Gasteiger partial charge in [-0.2, -0.15) is 0 Å². The Kier molecular flexibility index (Phi) is 4.47. The van der Waals surface area contributed by atoms with Gasteiger partial charge in [0.15, 0.2) is 6.61 Å². The Hall–Kier alpha value is -2.08. The van der Waals surface area contributed by atoms with E-state index >= 15 is 0 Å². The standard InChI is InChI=1S/C15H19NO5/c1-15(8-3-9-21-15)14(19)16(2)11-4-6-12(7-5-11)20-10-13(17)18/h4-7H,3,8-10H2,1-2H3,(H,17,18). The third-order valence-electron chi connectivity index (χ3n) is 3.56. The minimum Gasteiger partial charge on any atom is -0.482 e. The number of hydrogen-bond acceptors (Lipinski definition) is 4. The third kappa shape index (κ3) is 3.52. The van der Waals surface area contributed by atoms with Gasteiger partial charge in [-0.15, -0.1) is 0 Å². The molecule has 114 valence electrons. The van der Waals surface area contributed by atoms with Crippen molar-refractivity contribution in [3.63, 3.8) is 0 Å². The lowest BCUT2D eigenvalue weighted by Gasteiger charge is -2.28. The molecule has 1 aliphatic rings. The van der Waals surface area contributed by atoms with Crippen LogP contribution < -0.4 is 9.64 Å². The quantitative estimate of drug-likeness (QED) is 0.894. The summed E-state index contributed by atoms with van der Waals surface area (Å²) in [4.78, 5) is 24.4. The lowest BCUT2D eigenvalue weighted by molar-refractivity contribution is -0.139. The fourth-order valence-electron chi connectivity index (χ4n) is 2.33. The van der Waals surface area contributed by atoms with Crippen molar-refractivity contribution in [1.29, 1.82) is 0 Å². The summed E-state index contributed by atoms with van der Waals surface area (Å²) in [5, 5.41) is 8.55. The molecule has 2 rings (SSSR count). The summed E-state index contributed by atoms with van der Waals surface area (Å²) in [6.07, 6.45) is 1.61. The molecule has 0 saturated carbocycles. The van der Waals surface area contributed by atoms with Crippen LogP contribution in [0.4, 0.5) is 5.69 Å². The van der Waals surface area contributed by atoms with Crippen LogP contribution in [0.15, 0.2) is 24.3 Å². The molecule has 1 unspecified atom stereocenters. The van der Waals surface area contributed by atoms with Crippen molar-refractivity contribution in [3.8, 4) is 5.75 Å². The van der Waals surface area contributed by atoms with Crippen molar-refractivity contribution in [2.75, 3.05) is 25.2 Å². The Morgan fingerprint density at radius 1 is 1.38 bits per heavy atom. The van der Waals surface area contributed by atoms with Gasteiger partial charge in [0.25, 0.3) is 5.91 Å². The number of carboxylic acid groups (broad SMARTS) is 1. The Bertz CT molecular complexity index is 519. The zero-order valence-electron chi connectivity index (χ0n) is 12.2. The van der Waals surface area contributed by atoms with Gasteiger partial charge < -0.3 is 19.5 Å². The Morgan fingerprint density at radius 3 is 2.57 bits per heavy atom. The first-order valence-corrected chi connectivity index (χ1v) is 6.79. The van der Waals surface area contributed by atoms with Gasteiger partial charge in [-0.05, 0) is 44.0 Å². The molecule has 1 N–H and O–H groups in total. The van der Waals surface area contributed by atoms with E-state index in [0.29, 0.717) is 18.0 Å².